The Bertz CT molecular complexity index is 284. The molecule has 0 N–H and O–H groups in total. The summed E-state index contributed by atoms with van der Waals surface area (Å²) in [6.07, 6.45) is 12.2. The van der Waals surface area contributed by atoms with E-state index in [0.29, 0.717) is 12.5 Å². The number of esters is 1. The molecule has 1 heterocycles. The Balaban J connectivity index is 2.29. The van der Waals surface area contributed by atoms with Crippen LogP contribution in [0.3, 0.4) is 0 Å². The molecule has 0 radical (unpaired) electrons. The van der Waals surface area contributed by atoms with Crippen LogP contribution in [0.15, 0.2) is 24.3 Å². The molecule has 3 nitrogen and oxygen atoms in total. The molecule has 0 aromatic rings. The number of likely N-dealkylation sites (tertiary alicyclic amines) is 1. The molecule has 0 spiro atoms. The summed E-state index contributed by atoms with van der Waals surface area (Å²) in [4.78, 5) is 13.7. The van der Waals surface area contributed by atoms with Crippen LogP contribution in [0, 0.1) is 0 Å². The Morgan fingerprint density at radius 3 is 3.00 bits per heavy atom. The van der Waals surface area contributed by atoms with Crippen molar-refractivity contribution >= 4 is 5.97 Å². The third-order valence-corrected chi connectivity index (χ3v) is 3.15. The average molecular weight is 237 g/mol. The van der Waals surface area contributed by atoms with Crippen molar-refractivity contribution in [2.45, 2.75) is 38.6 Å². The molecule has 0 amide bonds. The van der Waals surface area contributed by atoms with E-state index in [1.54, 1.807) is 0 Å². The van der Waals surface area contributed by atoms with Crippen molar-refractivity contribution < 1.29 is 9.53 Å². The Kier molecular flexibility index (Phi) is 6.63. The van der Waals surface area contributed by atoms with E-state index in [0.717, 1.165) is 25.9 Å². The zero-order valence-electron chi connectivity index (χ0n) is 10.9. The minimum absolute atomic E-state index is 0.0913. The number of hydrogen-bond donors (Lipinski definition) is 0. The lowest BCUT2D eigenvalue weighted by atomic mass is 10.1. The topological polar surface area (TPSA) is 29.5 Å². The Labute approximate surface area is 104 Å². The number of methoxy groups -OCH3 is 1. The van der Waals surface area contributed by atoms with Gasteiger partial charge in [0.25, 0.3) is 0 Å². The summed E-state index contributed by atoms with van der Waals surface area (Å²) in [6, 6.07) is 0.387. The molecule has 1 saturated heterocycles. The number of nitrogens with zero attached hydrogens (tertiary/aromatic N) is 1. The molecule has 0 bridgehead atoms. The molecule has 1 unspecified atom stereocenters. The highest BCUT2D eigenvalue weighted by atomic mass is 16.5. The molecule has 1 aliphatic heterocycles. The molecule has 1 rings (SSSR count). The Morgan fingerprint density at radius 1 is 1.47 bits per heavy atom. The van der Waals surface area contributed by atoms with E-state index in [1.807, 2.05) is 19.1 Å². The fourth-order valence-electron chi connectivity index (χ4n) is 2.22. The van der Waals surface area contributed by atoms with E-state index in [2.05, 4.69) is 17.1 Å². The number of carbonyl (C=O) groups excluding carboxylic acids is 1. The van der Waals surface area contributed by atoms with Gasteiger partial charge in [0.05, 0.1) is 13.5 Å². The van der Waals surface area contributed by atoms with Crippen molar-refractivity contribution in [3.8, 4) is 0 Å². The predicted octanol–water partition coefficient (Wildman–Crippen LogP) is 2.54. The molecule has 3 heteroatoms. The van der Waals surface area contributed by atoms with Crippen LogP contribution < -0.4 is 0 Å². The standard InChI is InChI=1S/C14H23NO2/c1-3-4-5-6-7-10-15-11-8-9-13(15)12-14(16)17-2/h3-6,13H,7-12H2,1-2H3/b4-3-,6-5-. The van der Waals surface area contributed by atoms with Crippen molar-refractivity contribution in [1.29, 1.82) is 0 Å². The van der Waals surface area contributed by atoms with Crippen LogP contribution >= 0.6 is 0 Å². The van der Waals surface area contributed by atoms with Crippen molar-refractivity contribution in [2.75, 3.05) is 20.2 Å². The lowest BCUT2D eigenvalue weighted by Crippen LogP contribution is -2.32. The largest absolute Gasteiger partial charge is 0.469 e. The Hall–Kier alpha value is -1.09. The summed E-state index contributed by atoms with van der Waals surface area (Å²) in [6.45, 7) is 4.16. The highest BCUT2D eigenvalue weighted by Crippen LogP contribution is 2.20. The van der Waals surface area contributed by atoms with Crippen molar-refractivity contribution in [3.05, 3.63) is 24.3 Å². The van der Waals surface area contributed by atoms with Crippen LogP contribution in [0.2, 0.25) is 0 Å². The highest BCUT2D eigenvalue weighted by Gasteiger charge is 2.25. The van der Waals surface area contributed by atoms with Gasteiger partial charge in [0, 0.05) is 12.6 Å². The van der Waals surface area contributed by atoms with E-state index in [4.69, 9.17) is 4.74 Å². The third kappa shape index (κ3) is 5.18. The van der Waals surface area contributed by atoms with Gasteiger partial charge in [0.15, 0.2) is 0 Å². The predicted molar refractivity (Wildman–Crippen MR) is 69.8 cm³/mol. The summed E-state index contributed by atoms with van der Waals surface area (Å²) in [7, 11) is 1.46. The maximum absolute atomic E-state index is 11.3. The maximum atomic E-state index is 11.3. The third-order valence-electron chi connectivity index (χ3n) is 3.15. The first-order chi connectivity index (χ1) is 8.27. The van der Waals surface area contributed by atoms with Crippen LogP contribution in [0.4, 0.5) is 0 Å². The van der Waals surface area contributed by atoms with Gasteiger partial charge in [-0.3, -0.25) is 9.69 Å². The van der Waals surface area contributed by atoms with E-state index >= 15 is 0 Å². The monoisotopic (exact) mass is 237 g/mol. The fourth-order valence-corrected chi connectivity index (χ4v) is 2.22. The number of allylic oxidation sites excluding steroid dienone is 3. The molecular weight excluding hydrogens is 214 g/mol. The van der Waals surface area contributed by atoms with Gasteiger partial charge in [0.2, 0.25) is 0 Å². The van der Waals surface area contributed by atoms with Crippen molar-refractivity contribution in [2.24, 2.45) is 0 Å². The molecule has 96 valence electrons. The molecule has 17 heavy (non-hydrogen) atoms. The summed E-state index contributed by atoms with van der Waals surface area (Å²) < 4.78 is 4.73. The van der Waals surface area contributed by atoms with Gasteiger partial charge in [-0.2, -0.15) is 0 Å². The zero-order chi connectivity index (χ0) is 12.5. The van der Waals surface area contributed by atoms with Gasteiger partial charge in [-0.25, -0.2) is 0 Å². The first kappa shape index (κ1) is 14.0. The van der Waals surface area contributed by atoms with Gasteiger partial charge < -0.3 is 4.74 Å². The molecule has 1 fully saturated rings. The van der Waals surface area contributed by atoms with Gasteiger partial charge in [-0.1, -0.05) is 24.3 Å². The number of ether oxygens (including phenoxy) is 1. The minimum Gasteiger partial charge on any atom is -0.469 e. The second-order valence-corrected chi connectivity index (χ2v) is 4.35. The lowest BCUT2D eigenvalue weighted by molar-refractivity contribution is -0.141. The molecule has 0 aromatic carbocycles. The van der Waals surface area contributed by atoms with E-state index < -0.39 is 0 Å². The SMILES string of the molecule is C/C=C\C=C/CCN1CCCC1CC(=O)OC. The summed E-state index contributed by atoms with van der Waals surface area (Å²) >= 11 is 0. The van der Waals surface area contributed by atoms with Crippen LogP contribution in [0.5, 0.6) is 0 Å². The van der Waals surface area contributed by atoms with E-state index in [9.17, 15) is 4.79 Å². The molecule has 1 aliphatic rings. The fraction of sp³-hybridized carbons (Fsp3) is 0.643. The Morgan fingerprint density at radius 2 is 2.29 bits per heavy atom. The van der Waals surface area contributed by atoms with Gasteiger partial charge in [-0.05, 0) is 32.7 Å². The normalized spacial score (nSPS) is 21.6. The average Bonchev–Trinajstić information content (AvgIpc) is 2.76. The lowest BCUT2D eigenvalue weighted by Gasteiger charge is -2.22. The quantitative estimate of drug-likeness (QED) is 0.525. The van der Waals surface area contributed by atoms with Crippen molar-refractivity contribution in [3.63, 3.8) is 0 Å². The molecular formula is C14H23NO2. The highest BCUT2D eigenvalue weighted by molar-refractivity contribution is 5.69. The second kappa shape index (κ2) is 8.07. The van der Waals surface area contributed by atoms with Crippen molar-refractivity contribution in [1.82, 2.24) is 4.90 Å². The van der Waals surface area contributed by atoms with E-state index in [-0.39, 0.29) is 5.97 Å². The maximum Gasteiger partial charge on any atom is 0.307 e. The van der Waals surface area contributed by atoms with Crippen LogP contribution in [-0.2, 0) is 9.53 Å². The van der Waals surface area contributed by atoms with Crippen LogP contribution in [0.1, 0.15) is 32.6 Å². The van der Waals surface area contributed by atoms with Gasteiger partial charge >= 0.3 is 5.97 Å². The van der Waals surface area contributed by atoms with Crippen LogP contribution in [0.25, 0.3) is 0 Å². The number of carbonyl (C=O) groups is 1. The number of hydrogen-bond acceptors (Lipinski definition) is 3. The second-order valence-electron chi connectivity index (χ2n) is 4.35. The molecule has 1 atom stereocenters. The molecule has 0 aliphatic carbocycles. The zero-order valence-corrected chi connectivity index (χ0v) is 10.9. The van der Waals surface area contributed by atoms with Gasteiger partial charge in [-0.15, -0.1) is 0 Å². The summed E-state index contributed by atoms with van der Waals surface area (Å²) in [5.41, 5.74) is 0. The molecule has 0 aromatic heterocycles. The smallest absolute Gasteiger partial charge is 0.307 e. The minimum atomic E-state index is -0.0913. The van der Waals surface area contributed by atoms with E-state index in [1.165, 1.54) is 13.5 Å². The summed E-state index contributed by atoms with van der Waals surface area (Å²) in [5.74, 6) is -0.0913. The first-order valence-corrected chi connectivity index (χ1v) is 6.36. The molecule has 0 saturated carbocycles. The first-order valence-electron chi connectivity index (χ1n) is 6.36. The number of rotatable bonds is 6. The van der Waals surface area contributed by atoms with Gasteiger partial charge in [0.1, 0.15) is 0 Å². The van der Waals surface area contributed by atoms with Crippen LogP contribution in [-0.4, -0.2) is 37.1 Å². The summed E-state index contributed by atoms with van der Waals surface area (Å²) in [5, 5.41) is 0.